The number of hydrogen-bond donors (Lipinski definition) is 1. The third-order valence-electron chi connectivity index (χ3n) is 2.73. The van der Waals surface area contributed by atoms with Crippen molar-refractivity contribution in [3.63, 3.8) is 0 Å². The van der Waals surface area contributed by atoms with Gasteiger partial charge < -0.3 is 15.0 Å². The number of benzene rings is 1. The molecule has 1 rings (SSSR count). The summed E-state index contributed by atoms with van der Waals surface area (Å²) in [4.78, 5) is 14.2. The van der Waals surface area contributed by atoms with E-state index in [0.29, 0.717) is 25.3 Å². The molecule has 0 saturated heterocycles. The maximum absolute atomic E-state index is 12.5. The van der Waals surface area contributed by atoms with Crippen molar-refractivity contribution in [3.8, 4) is 0 Å². The lowest BCUT2D eigenvalue weighted by Crippen LogP contribution is -2.34. The fourth-order valence-corrected chi connectivity index (χ4v) is 1.82. The lowest BCUT2D eigenvalue weighted by atomic mass is 10.1. The standard InChI is InChI=1S/C15H22N2O2/c1-4-10-17(11-12-19-3)15(18)13-8-6-7-9-14(13)16-5-2/h4,6-9,16H,1,5,10-12H2,2-3H3. The molecule has 0 aromatic heterocycles. The monoisotopic (exact) mass is 262 g/mol. The van der Waals surface area contributed by atoms with E-state index in [1.807, 2.05) is 31.2 Å². The molecule has 4 nitrogen and oxygen atoms in total. The zero-order valence-corrected chi connectivity index (χ0v) is 11.7. The van der Waals surface area contributed by atoms with Gasteiger partial charge in [0.05, 0.1) is 12.2 Å². The molecule has 0 aliphatic carbocycles. The topological polar surface area (TPSA) is 41.6 Å². The van der Waals surface area contributed by atoms with Gasteiger partial charge in [-0.2, -0.15) is 0 Å². The van der Waals surface area contributed by atoms with Crippen molar-refractivity contribution in [3.05, 3.63) is 42.5 Å². The molecule has 0 aliphatic rings. The summed E-state index contributed by atoms with van der Waals surface area (Å²) in [6, 6.07) is 7.54. The van der Waals surface area contributed by atoms with Crippen LogP contribution in [0.2, 0.25) is 0 Å². The van der Waals surface area contributed by atoms with Crippen LogP contribution in [0, 0.1) is 0 Å². The van der Waals surface area contributed by atoms with E-state index in [-0.39, 0.29) is 5.91 Å². The van der Waals surface area contributed by atoms with Gasteiger partial charge in [0, 0.05) is 32.4 Å². The summed E-state index contributed by atoms with van der Waals surface area (Å²) < 4.78 is 5.04. The predicted molar refractivity (Wildman–Crippen MR) is 78.6 cm³/mol. The quantitative estimate of drug-likeness (QED) is 0.731. The van der Waals surface area contributed by atoms with Crippen LogP contribution in [0.25, 0.3) is 0 Å². The number of para-hydroxylation sites is 1. The highest BCUT2D eigenvalue weighted by Crippen LogP contribution is 2.17. The van der Waals surface area contributed by atoms with Crippen LogP contribution in [0.15, 0.2) is 36.9 Å². The summed E-state index contributed by atoms with van der Waals surface area (Å²) in [5.41, 5.74) is 1.55. The normalized spacial score (nSPS) is 10.0. The van der Waals surface area contributed by atoms with Crippen LogP contribution in [0.4, 0.5) is 5.69 Å². The Labute approximate surface area is 115 Å². The number of methoxy groups -OCH3 is 1. The molecule has 0 spiro atoms. The van der Waals surface area contributed by atoms with Crippen molar-refractivity contribution < 1.29 is 9.53 Å². The minimum atomic E-state index is -0.00602. The number of carbonyl (C=O) groups excluding carboxylic acids is 1. The molecule has 1 N–H and O–H groups in total. The largest absolute Gasteiger partial charge is 0.385 e. The van der Waals surface area contributed by atoms with E-state index in [0.717, 1.165) is 12.2 Å². The maximum Gasteiger partial charge on any atom is 0.256 e. The number of rotatable bonds is 8. The second-order valence-electron chi connectivity index (χ2n) is 4.11. The second-order valence-corrected chi connectivity index (χ2v) is 4.11. The van der Waals surface area contributed by atoms with Crippen LogP contribution >= 0.6 is 0 Å². The van der Waals surface area contributed by atoms with Gasteiger partial charge in [0.15, 0.2) is 0 Å². The summed E-state index contributed by atoms with van der Waals surface area (Å²) in [6.45, 7) is 8.07. The van der Waals surface area contributed by atoms with Gasteiger partial charge in [0.2, 0.25) is 0 Å². The fraction of sp³-hybridized carbons (Fsp3) is 0.400. The first kappa shape index (κ1) is 15.2. The van der Waals surface area contributed by atoms with Crippen LogP contribution in [0.5, 0.6) is 0 Å². The van der Waals surface area contributed by atoms with Gasteiger partial charge in [-0.05, 0) is 19.1 Å². The first-order chi connectivity index (χ1) is 9.24. The van der Waals surface area contributed by atoms with E-state index in [1.165, 1.54) is 0 Å². The highest BCUT2D eigenvalue weighted by molar-refractivity contribution is 5.99. The minimum absolute atomic E-state index is 0.00602. The highest BCUT2D eigenvalue weighted by Gasteiger charge is 2.17. The molecule has 0 heterocycles. The van der Waals surface area contributed by atoms with Crippen molar-refractivity contribution in [2.45, 2.75) is 6.92 Å². The number of anilines is 1. The molecule has 4 heteroatoms. The molecular weight excluding hydrogens is 240 g/mol. The van der Waals surface area contributed by atoms with E-state index >= 15 is 0 Å². The Hall–Kier alpha value is -1.81. The maximum atomic E-state index is 12.5. The van der Waals surface area contributed by atoms with Gasteiger partial charge >= 0.3 is 0 Å². The number of hydrogen-bond acceptors (Lipinski definition) is 3. The van der Waals surface area contributed by atoms with E-state index in [4.69, 9.17) is 4.74 Å². The van der Waals surface area contributed by atoms with Crippen LogP contribution in [-0.4, -0.2) is 44.2 Å². The molecule has 1 aromatic rings. The molecule has 0 saturated carbocycles. The number of ether oxygens (including phenoxy) is 1. The number of nitrogens with zero attached hydrogens (tertiary/aromatic N) is 1. The molecule has 0 unspecified atom stereocenters. The van der Waals surface area contributed by atoms with Gasteiger partial charge in [-0.1, -0.05) is 18.2 Å². The van der Waals surface area contributed by atoms with Gasteiger partial charge in [-0.3, -0.25) is 4.79 Å². The summed E-state index contributed by atoms with van der Waals surface area (Å²) in [6.07, 6.45) is 1.73. The van der Waals surface area contributed by atoms with Gasteiger partial charge in [-0.25, -0.2) is 0 Å². The fourth-order valence-electron chi connectivity index (χ4n) is 1.82. The highest BCUT2D eigenvalue weighted by atomic mass is 16.5. The Kier molecular flexibility index (Phi) is 6.68. The second kappa shape index (κ2) is 8.32. The lowest BCUT2D eigenvalue weighted by molar-refractivity contribution is 0.0719. The minimum Gasteiger partial charge on any atom is -0.385 e. The number of amides is 1. The van der Waals surface area contributed by atoms with Crippen LogP contribution in [-0.2, 0) is 4.74 Å². The van der Waals surface area contributed by atoms with Crippen molar-refractivity contribution in [2.24, 2.45) is 0 Å². The zero-order chi connectivity index (χ0) is 14.1. The summed E-state index contributed by atoms with van der Waals surface area (Å²) in [5, 5.41) is 3.21. The zero-order valence-electron chi connectivity index (χ0n) is 11.7. The number of nitrogens with one attached hydrogen (secondary N) is 1. The Balaban J connectivity index is 2.91. The Morgan fingerprint density at radius 2 is 2.21 bits per heavy atom. The molecule has 0 radical (unpaired) electrons. The molecule has 0 aliphatic heterocycles. The van der Waals surface area contributed by atoms with Crippen LogP contribution < -0.4 is 5.32 Å². The van der Waals surface area contributed by atoms with Crippen molar-refractivity contribution in [1.82, 2.24) is 4.90 Å². The lowest BCUT2D eigenvalue weighted by Gasteiger charge is -2.22. The van der Waals surface area contributed by atoms with Gasteiger partial charge in [0.25, 0.3) is 5.91 Å². The van der Waals surface area contributed by atoms with Crippen molar-refractivity contribution in [1.29, 1.82) is 0 Å². The van der Waals surface area contributed by atoms with Crippen LogP contribution in [0.3, 0.4) is 0 Å². The first-order valence-electron chi connectivity index (χ1n) is 6.46. The summed E-state index contributed by atoms with van der Waals surface area (Å²) in [7, 11) is 1.63. The molecule has 1 aromatic carbocycles. The van der Waals surface area contributed by atoms with E-state index in [9.17, 15) is 4.79 Å². The van der Waals surface area contributed by atoms with Gasteiger partial charge in [-0.15, -0.1) is 6.58 Å². The predicted octanol–water partition coefficient (Wildman–Crippen LogP) is 2.39. The van der Waals surface area contributed by atoms with E-state index < -0.39 is 0 Å². The first-order valence-corrected chi connectivity index (χ1v) is 6.46. The van der Waals surface area contributed by atoms with E-state index in [1.54, 1.807) is 18.1 Å². The van der Waals surface area contributed by atoms with E-state index in [2.05, 4.69) is 11.9 Å². The number of carbonyl (C=O) groups is 1. The smallest absolute Gasteiger partial charge is 0.256 e. The summed E-state index contributed by atoms with van der Waals surface area (Å²) >= 11 is 0. The van der Waals surface area contributed by atoms with Crippen LogP contribution in [0.1, 0.15) is 17.3 Å². The average Bonchev–Trinajstić information content (AvgIpc) is 2.44. The molecule has 0 fully saturated rings. The third kappa shape index (κ3) is 4.41. The molecule has 0 atom stereocenters. The summed E-state index contributed by atoms with van der Waals surface area (Å²) in [5.74, 6) is -0.00602. The molecule has 104 valence electrons. The van der Waals surface area contributed by atoms with Crippen molar-refractivity contribution >= 4 is 11.6 Å². The third-order valence-corrected chi connectivity index (χ3v) is 2.73. The molecule has 0 bridgehead atoms. The average molecular weight is 262 g/mol. The van der Waals surface area contributed by atoms with Crippen molar-refractivity contribution in [2.75, 3.05) is 38.7 Å². The molecule has 19 heavy (non-hydrogen) atoms. The molecule has 1 amide bonds. The van der Waals surface area contributed by atoms with Gasteiger partial charge in [0.1, 0.15) is 0 Å². The Morgan fingerprint density at radius 3 is 2.84 bits per heavy atom. The molecular formula is C15H22N2O2. The Morgan fingerprint density at radius 1 is 1.47 bits per heavy atom. The Bertz CT molecular complexity index is 418. The SMILES string of the molecule is C=CCN(CCOC)C(=O)c1ccccc1NCC.